The van der Waals surface area contributed by atoms with E-state index in [1.807, 2.05) is 23.5 Å². The first-order valence-electron chi connectivity index (χ1n) is 6.70. The number of aryl methyl sites for hydroxylation is 2. The fraction of sp³-hybridized carbons (Fsp3) is 0.375. The minimum absolute atomic E-state index is 0.184. The van der Waals surface area contributed by atoms with Gasteiger partial charge in [-0.3, -0.25) is 0 Å². The quantitative estimate of drug-likeness (QED) is 0.862. The third-order valence-corrected chi connectivity index (χ3v) is 4.92. The van der Waals surface area contributed by atoms with E-state index in [0.717, 1.165) is 12.3 Å². The normalized spacial score (nSPS) is 12.4. The Morgan fingerprint density at radius 2 is 2.05 bits per heavy atom. The summed E-state index contributed by atoms with van der Waals surface area (Å²) in [5.41, 5.74) is 2.52. The average molecular weight is 310 g/mol. The molecule has 0 bridgehead atoms. The molecule has 2 nitrogen and oxygen atoms in total. The molecule has 108 valence electrons. The lowest BCUT2D eigenvalue weighted by atomic mass is 10.0. The van der Waals surface area contributed by atoms with Crippen molar-refractivity contribution in [3.63, 3.8) is 0 Å². The lowest BCUT2D eigenvalue weighted by Crippen LogP contribution is -2.21. The van der Waals surface area contributed by atoms with Crippen molar-refractivity contribution in [2.24, 2.45) is 0 Å². The van der Waals surface area contributed by atoms with E-state index in [0.29, 0.717) is 5.02 Å². The van der Waals surface area contributed by atoms with Gasteiger partial charge in [-0.25, -0.2) is 0 Å². The summed E-state index contributed by atoms with van der Waals surface area (Å²) in [6, 6.07) is 8.41. The van der Waals surface area contributed by atoms with Crippen LogP contribution in [0.1, 0.15) is 33.8 Å². The van der Waals surface area contributed by atoms with Crippen LogP contribution in [0.3, 0.4) is 0 Å². The molecule has 0 saturated carbocycles. The van der Waals surface area contributed by atoms with E-state index in [-0.39, 0.29) is 6.04 Å². The Morgan fingerprint density at radius 1 is 1.30 bits per heavy atom. The Morgan fingerprint density at radius 3 is 2.60 bits per heavy atom. The maximum Gasteiger partial charge on any atom is 0.137 e. The van der Waals surface area contributed by atoms with Gasteiger partial charge in [0.2, 0.25) is 0 Å². The van der Waals surface area contributed by atoms with Gasteiger partial charge in [-0.15, -0.1) is 11.3 Å². The second-order valence-corrected chi connectivity index (χ2v) is 6.47. The summed E-state index contributed by atoms with van der Waals surface area (Å²) in [6.07, 6.45) is 0. The first-order valence-corrected chi connectivity index (χ1v) is 7.90. The maximum atomic E-state index is 6.11. The molecule has 0 spiro atoms. The zero-order valence-electron chi connectivity index (χ0n) is 12.3. The highest BCUT2D eigenvalue weighted by Crippen LogP contribution is 2.34. The van der Waals surface area contributed by atoms with Crippen molar-refractivity contribution in [3.05, 3.63) is 50.2 Å². The van der Waals surface area contributed by atoms with Crippen LogP contribution in [-0.4, -0.2) is 13.7 Å². The molecule has 0 saturated heterocycles. The summed E-state index contributed by atoms with van der Waals surface area (Å²) in [6.45, 7) is 7.34. The minimum atomic E-state index is 0.184. The van der Waals surface area contributed by atoms with Crippen molar-refractivity contribution < 1.29 is 4.74 Å². The molecule has 0 aliphatic carbocycles. The molecule has 2 rings (SSSR count). The van der Waals surface area contributed by atoms with Gasteiger partial charge in [0, 0.05) is 9.75 Å². The van der Waals surface area contributed by atoms with Crippen LogP contribution in [0.15, 0.2) is 24.3 Å². The van der Waals surface area contributed by atoms with Crippen molar-refractivity contribution in [1.29, 1.82) is 0 Å². The number of rotatable bonds is 5. The predicted molar refractivity (Wildman–Crippen MR) is 87.3 cm³/mol. The topological polar surface area (TPSA) is 21.3 Å². The maximum absolute atomic E-state index is 6.11. The number of hydrogen-bond donors (Lipinski definition) is 1. The van der Waals surface area contributed by atoms with Gasteiger partial charge in [-0.1, -0.05) is 24.6 Å². The number of nitrogens with one attached hydrogen (secondary N) is 1. The molecule has 1 N–H and O–H groups in total. The van der Waals surface area contributed by atoms with Crippen LogP contribution in [0.4, 0.5) is 0 Å². The SMILES string of the molecule is CCNC(c1ccc(Cl)c(OC)c1)c1cc(C)c(C)s1. The molecule has 0 amide bonds. The largest absolute Gasteiger partial charge is 0.495 e. The van der Waals surface area contributed by atoms with Crippen molar-refractivity contribution in [2.75, 3.05) is 13.7 Å². The molecule has 0 aliphatic heterocycles. The van der Waals surface area contributed by atoms with Crippen molar-refractivity contribution >= 4 is 22.9 Å². The van der Waals surface area contributed by atoms with Crippen molar-refractivity contribution in [2.45, 2.75) is 26.8 Å². The first kappa shape index (κ1) is 15.4. The molecule has 2 aromatic rings. The molecule has 1 aromatic carbocycles. The number of hydrogen-bond acceptors (Lipinski definition) is 3. The summed E-state index contributed by atoms with van der Waals surface area (Å²) in [5, 5.41) is 4.18. The van der Waals surface area contributed by atoms with E-state index in [9.17, 15) is 0 Å². The van der Waals surface area contributed by atoms with Crippen LogP contribution in [0, 0.1) is 13.8 Å². The average Bonchev–Trinajstić information content (AvgIpc) is 2.76. The Hall–Kier alpha value is -1.03. The van der Waals surface area contributed by atoms with Crippen LogP contribution in [0.5, 0.6) is 5.75 Å². The van der Waals surface area contributed by atoms with Crippen LogP contribution < -0.4 is 10.1 Å². The van der Waals surface area contributed by atoms with E-state index in [1.54, 1.807) is 7.11 Å². The highest BCUT2D eigenvalue weighted by molar-refractivity contribution is 7.12. The lowest BCUT2D eigenvalue weighted by molar-refractivity contribution is 0.414. The van der Waals surface area contributed by atoms with Crippen LogP contribution in [0.25, 0.3) is 0 Å². The van der Waals surface area contributed by atoms with Crippen LogP contribution in [0.2, 0.25) is 5.02 Å². The Kier molecular flexibility index (Phi) is 5.08. The summed E-state index contributed by atoms with van der Waals surface area (Å²) < 4.78 is 5.32. The van der Waals surface area contributed by atoms with Crippen LogP contribution >= 0.6 is 22.9 Å². The minimum Gasteiger partial charge on any atom is -0.495 e. The number of halogens is 1. The van der Waals surface area contributed by atoms with Gasteiger partial charge >= 0.3 is 0 Å². The smallest absolute Gasteiger partial charge is 0.137 e. The van der Waals surface area contributed by atoms with Gasteiger partial charge in [0.1, 0.15) is 5.75 Å². The molecule has 0 aliphatic rings. The second kappa shape index (κ2) is 6.61. The standard InChI is InChI=1S/C16H20ClNOS/c1-5-18-16(15-8-10(2)11(3)20-15)12-6-7-13(17)14(9-12)19-4/h6-9,16,18H,5H2,1-4H3. The number of thiophene rings is 1. The molecule has 1 aromatic heterocycles. The van der Waals surface area contributed by atoms with Gasteiger partial charge in [-0.05, 0) is 49.7 Å². The molecular formula is C16H20ClNOS. The zero-order valence-corrected chi connectivity index (χ0v) is 13.9. The number of methoxy groups -OCH3 is 1. The fourth-order valence-electron chi connectivity index (χ4n) is 2.19. The highest BCUT2D eigenvalue weighted by Gasteiger charge is 2.17. The summed E-state index contributed by atoms with van der Waals surface area (Å²) >= 11 is 7.95. The molecule has 1 atom stereocenters. The Balaban J connectivity index is 2.42. The molecule has 20 heavy (non-hydrogen) atoms. The van der Waals surface area contributed by atoms with Crippen LogP contribution in [-0.2, 0) is 0 Å². The molecule has 4 heteroatoms. The first-order chi connectivity index (χ1) is 9.56. The predicted octanol–water partition coefficient (Wildman–Crippen LogP) is 4.73. The summed E-state index contributed by atoms with van der Waals surface area (Å²) in [7, 11) is 1.65. The Labute approximate surface area is 129 Å². The highest BCUT2D eigenvalue weighted by atomic mass is 35.5. The van der Waals surface area contributed by atoms with Gasteiger partial charge < -0.3 is 10.1 Å². The van der Waals surface area contributed by atoms with Gasteiger partial charge in [0.25, 0.3) is 0 Å². The Bertz CT molecular complexity index is 575. The summed E-state index contributed by atoms with van der Waals surface area (Å²) in [5.74, 6) is 0.720. The molecule has 1 unspecified atom stereocenters. The van der Waals surface area contributed by atoms with Gasteiger partial charge in [0.05, 0.1) is 18.2 Å². The van der Waals surface area contributed by atoms with Gasteiger partial charge in [0.15, 0.2) is 0 Å². The van der Waals surface area contributed by atoms with Gasteiger partial charge in [-0.2, -0.15) is 0 Å². The van der Waals surface area contributed by atoms with E-state index in [1.165, 1.54) is 20.9 Å². The number of ether oxygens (including phenoxy) is 1. The molecular weight excluding hydrogens is 290 g/mol. The molecule has 0 radical (unpaired) electrons. The van der Waals surface area contributed by atoms with E-state index >= 15 is 0 Å². The lowest BCUT2D eigenvalue weighted by Gasteiger charge is -2.18. The molecule has 0 fully saturated rings. The third kappa shape index (κ3) is 3.17. The van der Waals surface area contributed by atoms with Crippen molar-refractivity contribution in [3.8, 4) is 5.75 Å². The van der Waals surface area contributed by atoms with E-state index in [4.69, 9.17) is 16.3 Å². The zero-order chi connectivity index (χ0) is 14.7. The van der Waals surface area contributed by atoms with Crippen molar-refractivity contribution in [1.82, 2.24) is 5.32 Å². The second-order valence-electron chi connectivity index (χ2n) is 4.77. The fourth-order valence-corrected chi connectivity index (χ4v) is 3.53. The summed E-state index contributed by atoms with van der Waals surface area (Å²) in [4.78, 5) is 2.69. The van der Waals surface area contributed by atoms with E-state index < -0.39 is 0 Å². The molecule has 1 heterocycles. The third-order valence-electron chi connectivity index (χ3n) is 3.39. The van der Waals surface area contributed by atoms with E-state index in [2.05, 4.69) is 38.2 Å². The number of benzene rings is 1. The monoisotopic (exact) mass is 309 g/mol.